The highest BCUT2D eigenvalue weighted by Crippen LogP contribution is 2.40. The highest BCUT2D eigenvalue weighted by Gasteiger charge is 2.35. The van der Waals surface area contributed by atoms with E-state index in [0.717, 1.165) is 29.8 Å². The van der Waals surface area contributed by atoms with E-state index in [4.69, 9.17) is 0 Å². The molecule has 1 aliphatic carbocycles. The Kier molecular flexibility index (Phi) is 2.89. The normalized spacial score (nSPS) is 17.2. The van der Waals surface area contributed by atoms with Gasteiger partial charge in [0.15, 0.2) is 0 Å². The molecule has 24 heavy (non-hydrogen) atoms. The van der Waals surface area contributed by atoms with Crippen molar-refractivity contribution in [3.05, 3.63) is 54.4 Å². The van der Waals surface area contributed by atoms with Gasteiger partial charge in [0.2, 0.25) is 0 Å². The summed E-state index contributed by atoms with van der Waals surface area (Å²) in [6.07, 6.45) is 4.18. The summed E-state index contributed by atoms with van der Waals surface area (Å²) < 4.78 is 0. The number of nitrogens with zero attached hydrogens (tertiary/aromatic N) is 3. The number of benzene rings is 2. The highest BCUT2D eigenvalue weighted by molar-refractivity contribution is 6.09. The molecule has 1 fully saturated rings. The number of nitrogens with one attached hydrogen (secondary N) is 1. The maximum Gasteiger partial charge on any atom is 0.258 e. The molecule has 0 unspecified atom stereocenters. The highest BCUT2D eigenvalue weighted by atomic mass is 16.2. The maximum absolute atomic E-state index is 13.1. The van der Waals surface area contributed by atoms with Gasteiger partial charge in [0.1, 0.15) is 0 Å². The third-order valence-corrected chi connectivity index (χ3v) is 4.95. The van der Waals surface area contributed by atoms with E-state index in [1.807, 2.05) is 29.2 Å². The fraction of sp³-hybridized carbons (Fsp3) is 0.263. The van der Waals surface area contributed by atoms with Gasteiger partial charge < -0.3 is 14.8 Å². The van der Waals surface area contributed by atoms with Crippen LogP contribution in [0.25, 0.3) is 11.0 Å². The second-order valence-electron chi connectivity index (χ2n) is 6.50. The fourth-order valence-electron chi connectivity index (χ4n) is 3.58. The van der Waals surface area contributed by atoms with E-state index in [1.165, 1.54) is 18.5 Å². The Labute approximate surface area is 139 Å². The van der Waals surface area contributed by atoms with Gasteiger partial charge in [-0.15, -0.1) is 0 Å². The van der Waals surface area contributed by atoms with Gasteiger partial charge in [-0.25, -0.2) is 4.98 Å². The number of hydrogen-bond acceptors (Lipinski definition) is 3. The minimum absolute atomic E-state index is 0.0504. The molecule has 5 nitrogen and oxygen atoms in total. The molecule has 5 heteroatoms. The summed E-state index contributed by atoms with van der Waals surface area (Å²) in [6, 6.07) is 14.5. The quantitative estimate of drug-likeness (QED) is 0.789. The molecule has 120 valence electrons. The van der Waals surface area contributed by atoms with Gasteiger partial charge in [0, 0.05) is 24.7 Å². The average molecular weight is 318 g/mol. The van der Waals surface area contributed by atoms with Crippen molar-refractivity contribution in [1.29, 1.82) is 0 Å². The van der Waals surface area contributed by atoms with Gasteiger partial charge in [0.25, 0.3) is 5.91 Å². The van der Waals surface area contributed by atoms with E-state index < -0.39 is 0 Å². The molecule has 2 heterocycles. The Bertz CT molecular complexity index is 928. The number of H-pyrrole nitrogens is 1. The Morgan fingerprint density at radius 1 is 1.08 bits per heavy atom. The predicted octanol–water partition coefficient (Wildman–Crippen LogP) is 3.19. The van der Waals surface area contributed by atoms with Gasteiger partial charge in [-0.1, -0.05) is 12.1 Å². The first-order chi connectivity index (χ1) is 11.8. The number of fused-ring (bicyclic) bond motifs is 2. The number of hydrogen-bond donors (Lipinski definition) is 1. The lowest BCUT2D eigenvalue weighted by atomic mass is 10.1. The zero-order valence-corrected chi connectivity index (χ0v) is 13.3. The van der Waals surface area contributed by atoms with Crippen LogP contribution in [0.2, 0.25) is 0 Å². The van der Waals surface area contributed by atoms with Crippen molar-refractivity contribution in [2.75, 3.05) is 22.9 Å². The molecule has 1 N–H and O–H groups in total. The van der Waals surface area contributed by atoms with E-state index in [-0.39, 0.29) is 5.91 Å². The largest absolute Gasteiger partial charge is 0.365 e. The molecule has 2 aliphatic rings. The molecule has 0 radical (unpaired) electrons. The van der Waals surface area contributed by atoms with Crippen LogP contribution in [0, 0.1) is 0 Å². The molecule has 2 aromatic carbocycles. The van der Waals surface area contributed by atoms with Crippen LogP contribution in [0.15, 0.2) is 48.8 Å². The second kappa shape index (κ2) is 5.09. The van der Waals surface area contributed by atoms with Crippen LogP contribution in [-0.4, -0.2) is 35.0 Å². The van der Waals surface area contributed by atoms with Crippen molar-refractivity contribution in [3.8, 4) is 0 Å². The summed E-state index contributed by atoms with van der Waals surface area (Å²) in [5.74, 6) is 0.0504. The number of carbonyl (C=O) groups excluding carboxylic acids is 1. The summed E-state index contributed by atoms with van der Waals surface area (Å²) in [4.78, 5) is 24.8. The van der Waals surface area contributed by atoms with Crippen LogP contribution in [0.5, 0.6) is 0 Å². The lowest BCUT2D eigenvalue weighted by Gasteiger charge is -2.38. The predicted molar refractivity (Wildman–Crippen MR) is 94.6 cm³/mol. The molecule has 0 saturated heterocycles. The van der Waals surface area contributed by atoms with E-state index in [2.05, 4.69) is 33.1 Å². The van der Waals surface area contributed by atoms with Crippen molar-refractivity contribution in [3.63, 3.8) is 0 Å². The van der Waals surface area contributed by atoms with E-state index in [1.54, 1.807) is 6.33 Å². The summed E-state index contributed by atoms with van der Waals surface area (Å²) in [7, 11) is 0. The van der Waals surface area contributed by atoms with Gasteiger partial charge in [-0.05, 0) is 43.2 Å². The first-order valence-corrected chi connectivity index (χ1v) is 8.42. The van der Waals surface area contributed by atoms with E-state index >= 15 is 0 Å². The number of para-hydroxylation sites is 2. The van der Waals surface area contributed by atoms with Crippen molar-refractivity contribution in [2.24, 2.45) is 0 Å². The number of aromatic amines is 1. The third kappa shape index (κ3) is 2.08. The molecule has 1 aromatic heterocycles. The SMILES string of the molecule is O=C(c1ccc2nc[nH]c2c1)N1CCN(C2CC2)c2ccccc21. The van der Waals surface area contributed by atoms with Crippen molar-refractivity contribution in [2.45, 2.75) is 18.9 Å². The second-order valence-corrected chi connectivity index (χ2v) is 6.50. The summed E-state index contributed by atoms with van der Waals surface area (Å²) >= 11 is 0. The monoisotopic (exact) mass is 318 g/mol. The molecule has 0 spiro atoms. The minimum atomic E-state index is 0.0504. The molecule has 1 amide bonds. The lowest BCUT2D eigenvalue weighted by molar-refractivity contribution is 0.0986. The van der Waals surface area contributed by atoms with Crippen LogP contribution < -0.4 is 9.80 Å². The smallest absolute Gasteiger partial charge is 0.258 e. The molecule has 1 aliphatic heterocycles. The van der Waals surface area contributed by atoms with Crippen LogP contribution in [0.1, 0.15) is 23.2 Å². The first-order valence-electron chi connectivity index (χ1n) is 8.42. The summed E-state index contributed by atoms with van der Waals surface area (Å²) in [6.45, 7) is 1.63. The first kappa shape index (κ1) is 13.6. The van der Waals surface area contributed by atoms with Crippen molar-refractivity contribution < 1.29 is 4.79 Å². The zero-order chi connectivity index (χ0) is 16.1. The van der Waals surface area contributed by atoms with Gasteiger partial charge >= 0.3 is 0 Å². The number of carbonyl (C=O) groups is 1. The number of aromatic nitrogens is 2. The van der Waals surface area contributed by atoms with Crippen molar-refractivity contribution >= 4 is 28.3 Å². The Morgan fingerprint density at radius 3 is 2.75 bits per heavy atom. The molecular weight excluding hydrogens is 300 g/mol. The lowest BCUT2D eigenvalue weighted by Crippen LogP contribution is -2.45. The third-order valence-electron chi connectivity index (χ3n) is 4.95. The molecule has 3 aromatic rings. The van der Waals surface area contributed by atoms with Gasteiger partial charge in [0.05, 0.1) is 28.7 Å². The summed E-state index contributed by atoms with van der Waals surface area (Å²) in [5, 5.41) is 0. The summed E-state index contributed by atoms with van der Waals surface area (Å²) in [5.41, 5.74) is 4.67. The van der Waals surface area contributed by atoms with Crippen LogP contribution >= 0.6 is 0 Å². The number of rotatable bonds is 2. The Morgan fingerprint density at radius 2 is 1.92 bits per heavy atom. The Hall–Kier alpha value is -2.82. The van der Waals surface area contributed by atoms with E-state index in [9.17, 15) is 4.79 Å². The molecule has 0 bridgehead atoms. The number of imidazole rings is 1. The minimum Gasteiger partial charge on any atom is -0.365 e. The standard InChI is InChI=1S/C19H18N4O/c24-19(13-5-8-15-16(11-13)21-12-20-15)23-10-9-22(14-6-7-14)17-3-1-2-4-18(17)23/h1-5,8,11-12,14H,6-7,9-10H2,(H,20,21). The molecule has 5 rings (SSSR count). The molecule has 1 saturated carbocycles. The topological polar surface area (TPSA) is 52.2 Å². The average Bonchev–Trinajstić information content (AvgIpc) is 3.36. The Balaban J connectivity index is 1.53. The molecular formula is C19H18N4O. The maximum atomic E-state index is 13.1. The molecule has 0 atom stereocenters. The number of anilines is 2. The zero-order valence-electron chi connectivity index (χ0n) is 13.3. The van der Waals surface area contributed by atoms with Crippen molar-refractivity contribution in [1.82, 2.24) is 9.97 Å². The van der Waals surface area contributed by atoms with Crippen LogP contribution in [0.3, 0.4) is 0 Å². The van der Waals surface area contributed by atoms with Crippen LogP contribution in [-0.2, 0) is 0 Å². The van der Waals surface area contributed by atoms with E-state index in [0.29, 0.717) is 11.6 Å². The van der Waals surface area contributed by atoms with Gasteiger partial charge in [-0.3, -0.25) is 4.79 Å². The number of amides is 1. The fourth-order valence-corrected chi connectivity index (χ4v) is 3.58. The van der Waals surface area contributed by atoms with Gasteiger partial charge in [-0.2, -0.15) is 0 Å². The van der Waals surface area contributed by atoms with Crippen LogP contribution in [0.4, 0.5) is 11.4 Å².